The molecule has 4 aromatic rings. The van der Waals surface area contributed by atoms with Crippen LogP contribution in [0.15, 0.2) is 77.9 Å². The van der Waals surface area contributed by atoms with Gasteiger partial charge in [0.05, 0.1) is 12.1 Å². The molecule has 2 heterocycles. The molecule has 0 aliphatic heterocycles. The Morgan fingerprint density at radius 3 is 2.45 bits per heavy atom. The second-order valence-electron chi connectivity index (χ2n) is 7.13. The Bertz CT molecular complexity index is 1230. The van der Waals surface area contributed by atoms with Crippen LogP contribution in [0.2, 0.25) is 0 Å². The van der Waals surface area contributed by atoms with Gasteiger partial charge in [0.15, 0.2) is 0 Å². The second kappa shape index (κ2) is 7.72. The van der Waals surface area contributed by atoms with Crippen molar-refractivity contribution in [3.05, 3.63) is 106 Å². The molecule has 5 nitrogen and oxygen atoms in total. The predicted molar refractivity (Wildman–Crippen MR) is 115 cm³/mol. The number of aromatic nitrogens is 2. The van der Waals surface area contributed by atoms with Gasteiger partial charge in [-0.3, -0.25) is 14.6 Å². The van der Waals surface area contributed by atoms with Gasteiger partial charge in [-0.2, -0.15) is 0 Å². The fourth-order valence-corrected chi connectivity index (χ4v) is 3.37. The zero-order valence-electron chi connectivity index (χ0n) is 16.3. The fourth-order valence-electron chi connectivity index (χ4n) is 3.37. The smallest absolute Gasteiger partial charge is 0.258 e. The highest BCUT2D eigenvalue weighted by Gasteiger charge is 2.20. The molecule has 0 spiro atoms. The summed E-state index contributed by atoms with van der Waals surface area (Å²) in [5, 5.41) is 0.944. The Balaban J connectivity index is 1.79. The number of nitrogens with zero attached hydrogens (tertiary/aromatic N) is 2. The summed E-state index contributed by atoms with van der Waals surface area (Å²) in [7, 11) is 0. The van der Waals surface area contributed by atoms with E-state index >= 15 is 0 Å². The first-order valence-corrected chi connectivity index (χ1v) is 9.43. The number of amides is 1. The summed E-state index contributed by atoms with van der Waals surface area (Å²) in [6.07, 6.45) is 3.18. The molecule has 29 heavy (non-hydrogen) atoms. The van der Waals surface area contributed by atoms with E-state index in [1.807, 2.05) is 62.4 Å². The number of para-hydroxylation sites is 1. The van der Waals surface area contributed by atoms with Crippen LogP contribution in [0.4, 0.5) is 5.69 Å². The number of carbonyl (C=O) groups is 1. The molecule has 0 aliphatic rings. The van der Waals surface area contributed by atoms with Crippen molar-refractivity contribution in [2.45, 2.75) is 20.4 Å². The van der Waals surface area contributed by atoms with Gasteiger partial charge in [-0.05, 0) is 55.1 Å². The summed E-state index contributed by atoms with van der Waals surface area (Å²) in [5.41, 5.74) is 4.54. The third kappa shape index (κ3) is 3.80. The van der Waals surface area contributed by atoms with Crippen molar-refractivity contribution in [1.29, 1.82) is 0 Å². The first kappa shape index (κ1) is 18.6. The molecule has 0 radical (unpaired) electrons. The maximum absolute atomic E-state index is 13.2. The predicted octanol–water partition coefficient (Wildman–Crippen LogP) is 4.39. The van der Waals surface area contributed by atoms with Crippen molar-refractivity contribution in [3.63, 3.8) is 0 Å². The van der Waals surface area contributed by atoms with Crippen molar-refractivity contribution in [3.8, 4) is 0 Å². The van der Waals surface area contributed by atoms with Crippen molar-refractivity contribution in [2.24, 2.45) is 0 Å². The molecule has 0 unspecified atom stereocenters. The zero-order chi connectivity index (χ0) is 20.4. The Hall–Kier alpha value is -3.73. The van der Waals surface area contributed by atoms with E-state index in [4.69, 9.17) is 0 Å². The van der Waals surface area contributed by atoms with Gasteiger partial charge in [-0.1, -0.05) is 35.9 Å². The number of hydrogen-bond acceptors (Lipinski definition) is 3. The Morgan fingerprint density at radius 2 is 1.72 bits per heavy atom. The molecule has 144 valence electrons. The Labute approximate surface area is 168 Å². The van der Waals surface area contributed by atoms with Crippen molar-refractivity contribution < 1.29 is 4.79 Å². The van der Waals surface area contributed by atoms with E-state index in [1.54, 1.807) is 29.4 Å². The molecule has 0 atom stereocenters. The van der Waals surface area contributed by atoms with Crippen LogP contribution in [0.5, 0.6) is 0 Å². The average Bonchev–Trinajstić information content (AvgIpc) is 2.74. The first-order valence-electron chi connectivity index (χ1n) is 9.43. The number of rotatable bonds is 4. The Morgan fingerprint density at radius 1 is 1.00 bits per heavy atom. The van der Waals surface area contributed by atoms with Gasteiger partial charge in [0.1, 0.15) is 0 Å². The van der Waals surface area contributed by atoms with Crippen LogP contribution in [0.1, 0.15) is 27.0 Å². The zero-order valence-corrected chi connectivity index (χ0v) is 16.3. The summed E-state index contributed by atoms with van der Waals surface area (Å²) in [6, 6.07) is 18.8. The van der Waals surface area contributed by atoms with Gasteiger partial charge in [0.2, 0.25) is 0 Å². The monoisotopic (exact) mass is 383 g/mol. The molecular weight excluding hydrogens is 362 g/mol. The van der Waals surface area contributed by atoms with Crippen LogP contribution in [0.25, 0.3) is 10.9 Å². The van der Waals surface area contributed by atoms with E-state index in [-0.39, 0.29) is 18.0 Å². The van der Waals surface area contributed by atoms with Crippen LogP contribution in [0.3, 0.4) is 0 Å². The van der Waals surface area contributed by atoms with E-state index in [1.165, 1.54) is 0 Å². The number of H-pyrrole nitrogens is 1. The van der Waals surface area contributed by atoms with Crippen LogP contribution >= 0.6 is 0 Å². The van der Waals surface area contributed by atoms with Gasteiger partial charge in [0, 0.05) is 29.2 Å². The maximum Gasteiger partial charge on any atom is 0.258 e. The van der Waals surface area contributed by atoms with E-state index in [9.17, 15) is 9.59 Å². The molecule has 2 aromatic heterocycles. The molecular formula is C24H21N3O2. The van der Waals surface area contributed by atoms with Crippen molar-refractivity contribution in [1.82, 2.24) is 9.97 Å². The Kier molecular flexibility index (Phi) is 4.96. The molecule has 4 rings (SSSR count). The average molecular weight is 383 g/mol. The third-order valence-corrected chi connectivity index (χ3v) is 5.01. The minimum absolute atomic E-state index is 0.170. The lowest BCUT2D eigenvalue weighted by Crippen LogP contribution is -2.33. The molecule has 0 aliphatic carbocycles. The quantitative estimate of drug-likeness (QED) is 0.568. The normalized spacial score (nSPS) is 10.8. The molecule has 1 N–H and O–H groups in total. The number of anilines is 1. The van der Waals surface area contributed by atoms with Crippen LogP contribution in [0, 0.1) is 13.8 Å². The topological polar surface area (TPSA) is 66.1 Å². The number of nitrogens with one attached hydrogen (secondary N) is 1. The first-order chi connectivity index (χ1) is 14.0. The van der Waals surface area contributed by atoms with E-state index in [0.29, 0.717) is 11.1 Å². The lowest BCUT2D eigenvalue weighted by Gasteiger charge is -2.23. The van der Waals surface area contributed by atoms with E-state index in [2.05, 4.69) is 9.97 Å². The molecule has 2 aromatic carbocycles. The maximum atomic E-state index is 13.2. The molecule has 0 bridgehead atoms. The number of carbonyl (C=O) groups excluding carboxylic acids is 1. The number of hydrogen-bond donors (Lipinski definition) is 1. The highest BCUT2D eigenvalue weighted by Crippen LogP contribution is 2.22. The van der Waals surface area contributed by atoms with E-state index < -0.39 is 0 Å². The highest BCUT2D eigenvalue weighted by atomic mass is 16.2. The van der Waals surface area contributed by atoms with Crippen molar-refractivity contribution in [2.75, 3.05) is 4.90 Å². The number of aryl methyl sites for hydroxylation is 2. The molecule has 0 fully saturated rings. The third-order valence-electron chi connectivity index (χ3n) is 5.01. The summed E-state index contributed by atoms with van der Waals surface area (Å²) >= 11 is 0. The van der Waals surface area contributed by atoms with E-state index in [0.717, 1.165) is 27.7 Å². The summed E-state index contributed by atoms with van der Waals surface area (Å²) in [4.78, 5) is 34.6. The summed E-state index contributed by atoms with van der Waals surface area (Å²) < 4.78 is 0. The fraction of sp³-hybridized carbons (Fsp3) is 0.125. The van der Waals surface area contributed by atoms with Gasteiger partial charge < -0.3 is 9.88 Å². The lowest BCUT2D eigenvalue weighted by atomic mass is 10.1. The van der Waals surface area contributed by atoms with Gasteiger partial charge in [0.25, 0.3) is 11.5 Å². The van der Waals surface area contributed by atoms with Crippen LogP contribution in [-0.2, 0) is 6.54 Å². The molecule has 0 saturated carbocycles. The van der Waals surface area contributed by atoms with Crippen LogP contribution < -0.4 is 10.5 Å². The van der Waals surface area contributed by atoms with Gasteiger partial charge >= 0.3 is 0 Å². The molecule has 5 heteroatoms. The minimum atomic E-state index is -0.188. The number of benzene rings is 2. The van der Waals surface area contributed by atoms with Crippen LogP contribution in [-0.4, -0.2) is 15.9 Å². The van der Waals surface area contributed by atoms with Crippen molar-refractivity contribution >= 4 is 22.5 Å². The summed E-state index contributed by atoms with van der Waals surface area (Å²) in [5.74, 6) is -0.181. The van der Waals surface area contributed by atoms with Gasteiger partial charge in [-0.15, -0.1) is 0 Å². The lowest BCUT2D eigenvalue weighted by molar-refractivity contribution is 0.0985. The molecule has 0 saturated heterocycles. The molecule has 1 amide bonds. The summed E-state index contributed by atoms with van der Waals surface area (Å²) in [6.45, 7) is 4.13. The minimum Gasteiger partial charge on any atom is -0.321 e. The number of pyridine rings is 2. The highest BCUT2D eigenvalue weighted by molar-refractivity contribution is 6.06. The van der Waals surface area contributed by atoms with Gasteiger partial charge in [-0.25, -0.2) is 0 Å². The number of fused-ring (bicyclic) bond motifs is 1. The SMILES string of the molecule is Cc1ccc(N(Cc2cc3cccc(C)c3[nH]c2=O)C(=O)c2ccncc2)cc1. The largest absolute Gasteiger partial charge is 0.321 e. The number of aromatic amines is 1. The second-order valence-corrected chi connectivity index (χ2v) is 7.13. The standard InChI is InChI=1S/C24H21N3O2/c1-16-6-8-21(9-7-16)27(24(29)18-10-12-25-13-11-18)15-20-14-19-5-3-4-17(2)22(19)26-23(20)28/h3-14H,15H2,1-2H3,(H,26,28).